The van der Waals surface area contributed by atoms with E-state index in [2.05, 4.69) is 4.74 Å². The largest absolute Gasteiger partial charge is 1.00 e. The van der Waals surface area contributed by atoms with Crippen molar-refractivity contribution in [3.63, 3.8) is 0 Å². The van der Waals surface area contributed by atoms with Gasteiger partial charge in [-0.2, -0.15) is 0 Å². The molecule has 0 aliphatic heterocycles. The first-order valence-electron chi connectivity index (χ1n) is 11.8. The van der Waals surface area contributed by atoms with E-state index in [4.69, 9.17) is 20.9 Å². The minimum absolute atomic E-state index is 0. The van der Waals surface area contributed by atoms with Crippen molar-refractivity contribution in [1.82, 2.24) is 4.57 Å². The number of alkyl halides is 3. The Kier molecular flexibility index (Phi) is 9.93. The zero-order valence-electron chi connectivity index (χ0n) is 23.0. The molecule has 0 fully saturated rings. The molecular weight excluding hydrogens is 565 g/mol. The minimum Gasteiger partial charge on any atom is -1.00 e. The number of aryl methyl sites for hydroxylation is 1. The van der Waals surface area contributed by atoms with Gasteiger partial charge < -0.3 is 24.9 Å². The maximum atomic E-state index is 13.3. The van der Waals surface area contributed by atoms with Gasteiger partial charge in [-0.25, -0.2) is 0 Å². The van der Waals surface area contributed by atoms with Gasteiger partial charge in [0.2, 0.25) is 0 Å². The predicted molar refractivity (Wildman–Crippen MR) is 143 cm³/mol. The summed E-state index contributed by atoms with van der Waals surface area (Å²) in [4.78, 5) is 10.9. The van der Waals surface area contributed by atoms with Crippen molar-refractivity contribution in [2.75, 3.05) is 6.61 Å². The SMILES string of the molecule is CCOP(=O)(O)c1c(C)c2cc(-c3ccc(Cl)c(OC(F)(F)F)c3)ccc2n1-c1ccc(OC(C)C)cc1.[H-].[Na+]. The number of fused-ring (bicyclic) bond motifs is 1. The Hall–Kier alpha value is -1.97. The molecule has 0 aliphatic carbocycles. The summed E-state index contributed by atoms with van der Waals surface area (Å²) in [6.45, 7) is 7.18. The smallest absolute Gasteiger partial charge is 1.00 e. The van der Waals surface area contributed by atoms with E-state index in [1.165, 1.54) is 12.1 Å². The van der Waals surface area contributed by atoms with E-state index in [1.54, 1.807) is 66.9 Å². The van der Waals surface area contributed by atoms with Crippen molar-refractivity contribution in [2.24, 2.45) is 0 Å². The van der Waals surface area contributed by atoms with Gasteiger partial charge in [-0.3, -0.25) is 4.57 Å². The molecule has 0 spiro atoms. The Labute approximate surface area is 252 Å². The zero-order chi connectivity index (χ0) is 27.8. The van der Waals surface area contributed by atoms with Gasteiger partial charge in [-0.1, -0.05) is 23.7 Å². The fraction of sp³-hybridized carbons (Fsp3) is 0.259. The van der Waals surface area contributed by atoms with Gasteiger partial charge >= 0.3 is 43.5 Å². The van der Waals surface area contributed by atoms with Crippen molar-refractivity contribution in [3.8, 4) is 28.3 Å². The number of hydrogen-bond acceptors (Lipinski definition) is 4. The molecule has 4 rings (SSSR count). The van der Waals surface area contributed by atoms with Crippen molar-refractivity contribution in [2.45, 2.75) is 40.2 Å². The van der Waals surface area contributed by atoms with Gasteiger partial charge in [0.15, 0.2) is 0 Å². The monoisotopic (exact) mass is 591 g/mol. The van der Waals surface area contributed by atoms with Crippen LogP contribution in [0, 0.1) is 6.92 Å². The first-order valence-corrected chi connectivity index (χ1v) is 13.7. The second-order valence-corrected chi connectivity index (χ2v) is 10.9. The number of aromatic nitrogens is 1. The average Bonchev–Trinajstić information content (AvgIpc) is 3.12. The van der Waals surface area contributed by atoms with Crippen LogP contribution in [0.4, 0.5) is 13.2 Å². The summed E-state index contributed by atoms with van der Waals surface area (Å²) < 4.78 is 68.5. The third-order valence-electron chi connectivity index (χ3n) is 5.72. The van der Waals surface area contributed by atoms with Gasteiger partial charge in [0.25, 0.3) is 0 Å². The maximum Gasteiger partial charge on any atom is 1.00 e. The normalized spacial score (nSPS) is 13.3. The minimum atomic E-state index is -4.90. The van der Waals surface area contributed by atoms with E-state index in [0.717, 1.165) is 0 Å². The van der Waals surface area contributed by atoms with Crippen LogP contribution in [0.5, 0.6) is 11.5 Å². The third kappa shape index (κ3) is 7.03. The summed E-state index contributed by atoms with van der Waals surface area (Å²) in [6.07, 6.45) is -4.92. The molecule has 0 radical (unpaired) electrons. The van der Waals surface area contributed by atoms with Gasteiger partial charge in [0.1, 0.15) is 16.9 Å². The average molecular weight is 592 g/mol. The standard InChI is InChI=1S/C27H26ClF3NO5P.Na.H/c1-5-35-38(33,34)26-17(4)22-14-18(19-6-12-23(28)25(15-19)37-27(29,30)31)7-13-24(22)32(26)20-8-10-21(11-9-20)36-16(2)3;;/h6-16H,5H2,1-4H3,(H,33,34);;/q;+1;-1. The van der Waals surface area contributed by atoms with Crippen LogP contribution in [0.15, 0.2) is 60.7 Å². The molecule has 6 nitrogen and oxygen atoms in total. The number of benzene rings is 3. The van der Waals surface area contributed by atoms with E-state index in [9.17, 15) is 22.6 Å². The Balaban J connectivity index is 0.00000280. The van der Waals surface area contributed by atoms with Crippen LogP contribution in [0.25, 0.3) is 27.7 Å². The van der Waals surface area contributed by atoms with Crippen molar-refractivity contribution in [1.29, 1.82) is 0 Å². The Morgan fingerprint density at radius 2 is 1.67 bits per heavy atom. The molecule has 1 unspecified atom stereocenters. The maximum absolute atomic E-state index is 13.3. The molecule has 1 atom stereocenters. The van der Waals surface area contributed by atoms with Gasteiger partial charge in [-0.05, 0) is 92.9 Å². The fourth-order valence-electron chi connectivity index (χ4n) is 4.28. The Bertz CT molecular complexity index is 1530. The van der Waals surface area contributed by atoms with E-state index >= 15 is 0 Å². The summed E-state index contributed by atoms with van der Waals surface area (Å²) in [7, 11) is -4.25. The van der Waals surface area contributed by atoms with Crippen LogP contribution in [-0.4, -0.2) is 28.5 Å². The molecule has 12 heteroatoms. The first kappa shape index (κ1) is 31.6. The fourth-order valence-corrected chi connectivity index (χ4v) is 5.93. The Morgan fingerprint density at radius 3 is 2.26 bits per heavy atom. The molecule has 0 saturated carbocycles. The van der Waals surface area contributed by atoms with Crippen LogP contribution < -0.4 is 44.5 Å². The van der Waals surface area contributed by atoms with Crippen molar-refractivity contribution >= 4 is 35.5 Å². The molecule has 4 aromatic rings. The van der Waals surface area contributed by atoms with Crippen molar-refractivity contribution in [3.05, 3.63) is 71.2 Å². The predicted octanol–water partition coefficient (Wildman–Crippen LogP) is 4.91. The molecule has 0 amide bonds. The summed E-state index contributed by atoms with van der Waals surface area (Å²) >= 11 is 5.91. The van der Waals surface area contributed by atoms with Crippen molar-refractivity contribution < 1.29 is 67.6 Å². The molecule has 0 bridgehead atoms. The van der Waals surface area contributed by atoms with Crippen LogP contribution >= 0.6 is 19.2 Å². The molecule has 3 aromatic carbocycles. The summed E-state index contributed by atoms with van der Waals surface area (Å²) in [5.74, 6) is 0.129. The molecule has 1 N–H and O–H groups in total. The van der Waals surface area contributed by atoms with Crippen LogP contribution in [-0.2, 0) is 9.09 Å². The molecule has 39 heavy (non-hydrogen) atoms. The van der Waals surface area contributed by atoms with E-state index < -0.39 is 19.7 Å². The third-order valence-corrected chi connectivity index (χ3v) is 7.71. The van der Waals surface area contributed by atoms with E-state index in [0.29, 0.717) is 39.0 Å². The molecular formula is C27H27ClF3NNaO5P. The summed E-state index contributed by atoms with van der Waals surface area (Å²) in [6, 6.07) is 16.4. The molecule has 0 aliphatic rings. The molecule has 1 aromatic heterocycles. The van der Waals surface area contributed by atoms with E-state index in [1.807, 2.05) is 13.8 Å². The van der Waals surface area contributed by atoms with Crippen LogP contribution in [0.1, 0.15) is 27.8 Å². The zero-order valence-corrected chi connectivity index (χ0v) is 25.7. The Morgan fingerprint density at radius 1 is 1.05 bits per heavy atom. The number of nitrogens with zero attached hydrogens (tertiary/aromatic N) is 1. The molecule has 0 saturated heterocycles. The first-order chi connectivity index (χ1) is 17.8. The van der Waals surface area contributed by atoms with Crippen LogP contribution in [0.3, 0.4) is 0 Å². The topological polar surface area (TPSA) is 69.9 Å². The number of rotatable bonds is 8. The summed E-state index contributed by atoms with van der Waals surface area (Å²) in [5.41, 5.74) is 2.83. The quantitative estimate of drug-likeness (QED) is 0.233. The second-order valence-electron chi connectivity index (χ2n) is 8.81. The summed E-state index contributed by atoms with van der Waals surface area (Å²) in [5, 5.41) is 0.446. The van der Waals surface area contributed by atoms with Gasteiger partial charge in [0.05, 0.1) is 23.3 Å². The molecule has 1 heterocycles. The van der Waals surface area contributed by atoms with Crippen LogP contribution in [0.2, 0.25) is 5.02 Å². The second kappa shape index (κ2) is 12.3. The van der Waals surface area contributed by atoms with E-state index in [-0.39, 0.29) is 54.2 Å². The number of halogens is 4. The van der Waals surface area contributed by atoms with Gasteiger partial charge in [-0.15, -0.1) is 13.2 Å². The number of hydrogen-bond donors (Lipinski definition) is 1. The number of ether oxygens (including phenoxy) is 2. The molecule has 204 valence electrons. The van der Waals surface area contributed by atoms with Gasteiger partial charge in [0, 0.05) is 11.1 Å².